The van der Waals surface area contributed by atoms with E-state index in [-0.39, 0.29) is 0 Å². The highest BCUT2D eigenvalue weighted by atomic mass is 35.5. The monoisotopic (exact) mass is 329 g/mol. The molecule has 2 heterocycles. The third-order valence-corrected chi connectivity index (χ3v) is 3.36. The third kappa shape index (κ3) is 4.43. The van der Waals surface area contributed by atoms with Crippen LogP contribution in [0.1, 0.15) is 11.3 Å². The molecule has 0 aliphatic carbocycles. The van der Waals surface area contributed by atoms with Crippen molar-refractivity contribution in [2.45, 2.75) is 13.3 Å². The lowest BCUT2D eigenvalue weighted by Gasteiger charge is -2.07. The lowest BCUT2D eigenvalue weighted by atomic mass is 10.1. The van der Waals surface area contributed by atoms with Crippen LogP contribution >= 0.6 is 11.6 Å². The smallest absolute Gasteiger partial charge is 0.224 e. The number of nitrogens with zero attached hydrogens (tertiary/aromatic N) is 3. The fourth-order valence-electron chi connectivity index (χ4n) is 2.08. The molecule has 3 aromatic rings. The van der Waals surface area contributed by atoms with E-state index in [1.165, 1.54) is 0 Å². The van der Waals surface area contributed by atoms with Crippen molar-refractivity contribution in [2.24, 2.45) is 0 Å². The zero-order valence-electron chi connectivity index (χ0n) is 12.6. The first-order valence-corrected chi connectivity index (χ1v) is 7.58. The fraction of sp³-hybridized carbons (Fsp3) is 0.188. The van der Waals surface area contributed by atoms with Crippen LogP contribution < -0.4 is 10.6 Å². The van der Waals surface area contributed by atoms with Gasteiger partial charge in [-0.15, -0.1) is 0 Å². The zero-order valence-corrected chi connectivity index (χ0v) is 13.3. The molecule has 0 bridgehead atoms. The first kappa shape index (κ1) is 15.3. The second-order valence-electron chi connectivity index (χ2n) is 5.02. The highest BCUT2D eigenvalue weighted by Gasteiger charge is 2.03. The Morgan fingerprint density at radius 3 is 2.87 bits per heavy atom. The van der Waals surface area contributed by atoms with Crippen LogP contribution in [0.4, 0.5) is 17.6 Å². The molecule has 2 aromatic heterocycles. The lowest BCUT2D eigenvalue weighted by Crippen LogP contribution is -2.08. The first-order valence-electron chi connectivity index (χ1n) is 7.21. The summed E-state index contributed by atoms with van der Waals surface area (Å²) in [7, 11) is 0. The Bertz CT molecular complexity index is 789. The van der Waals surface area contributed by atoms with E-state index in [0.717, 1.165) is 22.8 Å². The van der Waals surface area contributed by atoms with Gasteiger partial charge in [0.05, 0.1) is 0 Å². The molecule has 3 rings (SSSR count). The first-order chi connectivity index (χ1) is 11.2. The summed E-state index contributed by atoms with van der Waals surface area (Å²) >= 11 is 5.97. The van der Waals surface area contributed by atoms with Gasteiger partial charge in [0.1, 0.15) is 11.6 Å². The normalized spacial score (nSPS) is 10.5. The van der Waals surface area contributed by atoms with Gasteiger partial charge < -0.3 is 15.2 Å². The van der Waals surface area contributed by atoms with Gasteiger partial charge in [-0.25, -0.2) is 4.98 Å². The predicted molar refractivity (Wildman–Crippen MR) is 90.2 cm³/mol. The van der Waals surface area contributed by atoms with E-state index in [4.69, 9.17) is 16.1 Å². The van der Waals surface area contributed by atoms with Gasteiger partial charge >= 0.3 is 0 Å². The van der Waals surface area contributed by atoms with E-state index in [9.17, 15) is 0 Å². The van der Waals surface area contributed by atoms with Crippen LogP contribution in [0.5, 0.6) is 0 Å². The van der Waals surface area contributed by atoms with Crippen molar-refractivity contribution in [3.63, 3.8) is 0 Å². The second-order valence-corrected chi connectivity index (χ2v) is 5.46. The maximum Gasteiger partial charge on any atom is 0.224 e. The number of hydrogen-bond donors (Lipinski definition) is 2. The van der Waals surface area contributed by atoms with Crippen LogP contribution in [0.15, 0.2) is 47.1 Å². The van der Waals surface area contributed by atoms with Gasteiger partial charge in [-0.2, -0.15) is 4.98 Å². The van der Waals surface area contributed by atoms with E-state index < -0.39 is 0 Å². The molecule has 0 radical (unpaired) electrons. The average molecular weight is 330 g/mol. The molecule has 6 nitrogen and oxygen atoms in total. The van der Waals surface area contributed by atoms with Crippen LogP contribution in [0.25, 0.3) is 0 Å². The molecule has 0 spiro atoms. The SMILES string of the molecule is Cc1cc(Nc2ccnc(NCCc3cccc(Cl)c3)n2)no1. The van der Waals surface area contributed by atoms with E-state index in [0.29, 0.717) is 24.1 Å². The fourth-order valence-corrected chi connectivity index (χ4v) is 2.29. The van der Waals surface area contributed by atoms with Crippen molar-refractivity contribution >= 4 is 29.2 Å². The number of aryl methyl sites for hydroxylation is 1. The Labute approximate surface area is 138 Å². The molecule has 1 aromatic carbocycles. The van der Waals surface area contributed by atoms with Crippen LogP contribution in [0, 0.1) is 6.92 Å². The van der Waals surface area contributed by atoms with Gasteiger partial charge in [0.2, 0.25) is 5.95 Å². The third-order valence-electron chi connectivity index (χ3n) is 3.13. The van der Waals surface area contributed by atoms with Crippen molar-refractivity contribution in [3.8, 4) is 0 Å². The Kier molecular flexibility index (Phi) is 4.73. The lowest BCUT2D eigenvalue weighted by molar-refractivity contribution is 0.400. The number of rotatable bonds is 6. The number of benzene rings is 1. The number of halogens is 1. The highest BCUT2D eigenvalue weighted by molar-refractivity contribution is 6.30. The average Bonchev–Trinajstić information content (AvgIpc) is 2.93. The molecule has 0 saturated heterocycles. The number of aromatic nitrogens is 3. The highest BCUT2D eigenvalue weighted by Crippen LogP contribution is 2.15. The Morgan fingerprint density at radius 2 is 2.09 bits per heavy atom. The minimum absolute atomic E-state index is 0.553. The maximum atomic E-state index is 5.97. The summed E-state index contributed by atoms with van der Waals surface area (Å²) in [6.07, 6.45) is 2.52. The number of nitrogens with one attached hydrogen (secondary N) is 2. The summed E-state index contributed by atoms with van der Waals surface area (Å²) in [5.41, 5.74) is 1.16. The van der Waals surface area contributed by atoms with Crippen molar-refractivity contribution < 1.29 is 4.52 Å². The quantitative estimate of drug-likeness (QED) is 0.716. The molecule has 0 aliphatic heterocycles. The molecule has 7 heteroatoms. The predicted octanol–water partition coefficient (Wildman–Crippen LogP) is 3.82. The summed E-state index contributed by atoms with van der Waals surface area (Å²) in [5.74, 6) is 2.56. The molecular weight excluding hydrogens is 314 g/mol. The molecule has 0 amide bonds. The van der Waals surface area contributed by atoms with Crippen molar-refractivity contribution in [3.05, 3.63) is 58.9 Å². The Balaban J connectivity index is 1.57. The van der Waals surface area contributed by atoms with Crippen LogP contribution in [0.2, 0.25) is 5.02 Å². The van der Waals surface area contributed by atoms with Crippen molar-refractivity contribution in [1.82, 2.24) is 15.1 Å². The van der Waals surface area contributed by atoms with Gasteiger partial charge in [-0.05, 0) is 37.1 Å². The molecule has 2 N–H and O–H groups in total. The standard InChI is InChI=1S/C16H16ClN5O/c1-11-9-15(22-23-11)20-14-6-8-19-16(21-14)18-7-5-12-3-2-4-13(17)10-12/h2-4,6,8-10H,5,7H2,1H3,(H2,18,19,20,21,22). The second kappa shape index (κ2) is 7.11. The topological polar surface area (TPSA) is 75.9 Å². The Morgan fingerprint density at radius 1 is 1.17 bits per heavy atom. The molecule has 23 heavy (non-hydrogen) atoms. The summed E-state index contributed by atoms with van der Waals surface area (Å²) in [4.78, 5) is 8.59. The number of hydrogen-bond acceptors (Lipinski definition) is 6. The summed E-state index contributed by atoms with van der Waals surface area (Å²) in [6, 6.07) is 11.4. The van der Waals surface area contributed by atoms with Gasteiger partial charge in [0, 0.05) is 23.8 Å². The summed E-state index contributed by atoms with van der Waals surface area (Å²) < 4.78 is 5.01. The molecular formula is C16H16ClN5O. The van der Waals surface area contributed by atoms with E-state index in [2.05, 4.69) is 25.8 Å². The van der Waals surface area contributed by atoms with Gasteiger partial charge in [-0.3, -0.25) is 0 Å². The summed E-state index contributed by atoms with van der Waals surface area (Å²) in [6.45, 7) is 2.55. The summed E-state index contributed by atoms with van der Waals surface area (Å²) in [5, 5.41) is 10.9. The van der Waals surface area contributed by atoms with Crippen LogP contribution in [-0.4, -0.2) is 21.7 Å². The molecule has 0 atom stereocenters. The van der Waals surface area contributed by atoms with Crippen LogP contribution in [-0.2, 0) is 6.42 Å². The molecule has 0 unspecified atom stereocenters. The largest absolute Gasteiger partial charge is 0.360 e. The number of anilines is 3. The van der Waals surface area contributed by atoms with E-state index >= 15 is 0 Å². The molecule has 118 valence electrons. The minimum Gasteiger partial charge on any atom is -0.360 e. The van der Waals surface area contributed by atoms with E-state index in [1.807, 2.05) is 31.2 Å². The molecule has 0 aliphatic rings. The molecule has 0 saturated carbocycles. The van der Waals surface area contributed by atoms with Crippen molar-refractivity contribution in [1.29, 1.82) is 0 Å². The van der Waals surface area contributed by atoms with Gasteiger partial charge in [-0.1, -0.05) is 28.9 Å². The Hall–Kier alpha value is -2.60. The van der Waals surface area contributed by atoms with Crippen molar-refractivity contribution in [2.75, 3.05) is 17.2 Å². The van der Waals surface area contributed by atoms with Gasteiger partial charge in [0.15, 0.2) is 5.82 Å². The van der Waals surface area contributed by atoms with Crippen LogP contribution in [0.3, 0.4) is 0 Å². The van der Waals surface area contributed by atoms with E-state index in [1.54, 1.807) is 18.3 Å². The minimum atomic E-state index is 0.553. The van der Waals surface area contributed by atoms with Gasteiger partial charge in [0.25, 0.3) is 0 Å². The maximum absolute atomic E-state index is 5.97. The molecule has 0 fully saturated rings. The zero-order chi connectivity index (χ0) is 16.1.